The van der Waals surface area contributed by atoms with Crippen LogP contribution in [0.3, 0.4) is 0 Å². The van der Waals surface area contributed by atoms with E-state index in [1.54, 1.807) is 16.8 Å². The molecule has 39 heavy (non-hydrogen) atoms. The molecule has 0 bridgehead atoms. The fourth-order valence-electron chi connectivity index (χ4n) is 5.66. The van der Waals surface area contributed by atoms with Gasteiger partial charge in [0.25, 0.3) is 5.91 Å². The number of piperidine rings is 1. The molecule has 10 heteroatoms. The Labute approximate surface area is 226 Å². The summed E-state index contributed by atoms with van der Waals surface area (Å²) in [6.45, 7) is 7.51. The molecule has 0 atom stereocenters. The summed E-state index contributed by atoms with van der Waals surface area (Å²) < 4.78 is 28.9. The third kappa shape index (κ3) is 5.24. The van der Waals surface area contributed by atoms with Gasteiger partial charge in [0.15, 0.2) is 17.3 Å². The SMILES string of the molecule is O=C(NCCN1CCCCC1)c1cn2c3c(c(NCCN4CCOCC4)c(F)cc3c1=O)Oc1ccccc1-2. The summed E-state index contributed by atoms with van der Waals surface area (Å²) in [5.41, 5.74) is 0.801. The number of anilines is 1. The average molecular weight is 536 g/mol. The number of amides is 1. The molecule has 2 fully saturated rings. The number of benzene rings is 2. The van der Waals surface area contributed by atoms with Gasteiger partial charge in [-0.1, -0.05) is 18.6 Å². The highest BCUT2D eigenvalue weighted by Gasteiger charge is 2.28. The highest BCUT2D eigenvalue weighted by atomic mass is 19.1. The first-order valence-corrected chi connectivity index (χ1v) is 13.8. The summed E-state index contributed by atoms with van der Waals surface area (Å²) in [4.78, 5) is 31.3. The predicted octanol–water partition coefficient (Wildman–Crippen LogP) is 3.20. The zero-order chi connectivity index (χ0) is 26.8. The number of hydrogen-bond donors (Lipinski definition) is 2. The number of carbonyl (C=O) groups excluding carboxylic acids is 1. The van der Waals surface area contributed by atoms with Crippen molar-refractivity contribution in [3.8, 4) is 17.2 Å². The molecule has 3 aromatic rings. The van der Waals surface area contributed by atoms with Gasteiger partial charge in [-0.15, -0.1) is 0 Å². The highest BCUT2D eigenvalue weighted by Crippen LogP contribution is 2.44. The maximum absolute atomic E-state index is 15.6. The van der Waals surface area contributed by atoms with Gasteiger partial charge in [0.2, 0.25) is 5.43 Å². The van der Waals surface area contributed by atoms with Crippen molar-refractivity contribution in [3.63, 3.8) is 0 Å². The Morgan fingerprint density at radius 2 is 1.72 bits per heavy atom. The Morgan fingerprint density at radius 3 is 2.54 bits per heavy atom. The Hall–Kier alpha value is -3.47. The van der Waals surface area contributed by atoms with Gasteiger partial charge < -0.3 is 29.6 Å². The lowest BCUT2D eigenvalue weighted by atomic mass is 10.1. The predicted molar refractivity (Wildman–Crippen MR) is 148 cm³/mol. The number of likely N-dealkylation sites (tertiary alicyclic amines) is 1. The Bertz CT molecular complexity index is 1430. The van der Waals surface area contributed by atoms with E-state index in [1.165, 1.54) is 25.3 Å². The second-order valence-corrected chi connectivity index (χ2v) is 10.3. The summed E-state index contributed by atoms with van der Waals surface area (Å²) >= 11 is 0. The van der Waals surface area contributed by atoms with Gasteiger partial charge in [-0.25, -0.2) is 4.39 Å². The largest absolute Gasteiger partial charge is 0.451 e. The Morgan fingerprint density at radius 1 is 0.974 bits per heavy atom. The summed E-state index contributed by atoms with van der Waals surface area (Å²) in [6, 6.07) is 8.57. The van der Waals surface area contributed by atoms with Crippen molar-refractivity contribution < 1.29 is 18.7 Å². The first kappa shape index (κ1) is 25.8. The van der Waals surface area contributed by atoms with E-state index in [-0.39, 0.29) is 22.4 Å². The first-order valence-electron chi connectivity index (χ1n) is 13.8. The molecule has 1 amide bonds. The van der Waals surface area contributed by atoms with Gasteiger partial charge in [0.05, 0.1) is 24.3 Å². The third-order valence-corrected chi connectivity index (χ3v) is 7.77. The van der Waals surface area contributed by atoms with E-state index in [0.29, 0.717) is 43.3 Å². The zero-order valence-electron chi connectivity index (χ0n) is 22.0. The number of carbonyl (C=O) groups is 1. The maximum Gasteiger partial charge on any atom is 0.256 e. The third-order valence-electron chi connectivity index (χ3n) is 7.77. The van der Waals surface area contributed by atoms with E-state index < -0.39 is 17.2 Å². The lowest BCUT2D eigenvalue weighted by Crippen LogP contribution is -2.39. The van der Waals surface area contributed by atoms with Gasteiger partial charge in [-0.05, 0) is 44.1 Å². The van der Waals surface area contributed by atoms with Gasteiger partial charge in [0.1, 0.15) is 16.8 Å². The van der Waals surface area contributed by atoms with E-state index >= 15 is 4.39 Å². The number of nitrogens with zero attached hydrogens (tertiary/aromatic N) is 3. The van der Waals surface area contributed by atoms with Crippen LogP contribution in [-0.4, -0.2) is 85.8 Å². The molecule has 0 spiro atoms. The van der Waals surface area contributed by atoms with Crippen molar-refractivity contribution in [2.75, 3.05) is 70.9 Å². The number of nitrogens with one attached hydrogen (secondary N) is 2. The minimum absolute atomic E-state index is 0.0174. The fraction of sp³-hybridized carbons (Fsp3) is 0.448. The van der Waals surface area contributed by atoms with Crippen molar-refractivity contribution in [2.45, 2.75) is 19.3 Å². The smallest absolute Gasteiger partial charge is 0.256 e. The van der Waals surface area contributed by atoms with Crippen LogP contribution < -0.4 is 20.8 Å². The molecule has 9 nitrogen and oxygen atoms in total. The minimum atomic E-state index is -0.592. The van der Waals surface area contributed by atoms with Crippen LogP contribution in [0.25, 0.3) is 16.6 Å². The number of hydrogen-bond acceptors (Lipinski definition) is 7. The molecule has 2 N–H and O–H groups in total. The van der Waals surface area contributed by atoms with Crippen LogP contribution in [-0.2, 0) is 4.74 Å². The number of para-hydroxylation sites is 2. The van der Waals surface area contributed by atoms with Crippen molar-refractivity contribution in [2.24, 2.45) is 0 Å². The van der Waals surface area contributed by atoms with Gasteiger partial charge >= 0.3 is 0 Å². The van der Waals surface area contributed by atoms with Crippen molar-refractivity contribution in [1.82, 2.24) is 19.7 Å². The van der Waals surface area contributed by atoms with E-state index in [0.717, 1.165) is 39.3 Å². The Kier molecular flexibility index (Phi) is 7.49. The average Bonchev–Trinajstić information content (AvgIpc) is 2.96. The molecule has 0 saturated carbocycles. The second kappa shape index (κ2) is 11.3. The maximum atomic E-state index is 15.6. The number of fused-ring (bicyclic) bond motifs is 2. The molecule has 0 unspecified atom stereocenters. The van der Waals surface area contributed by atoms with Crippen LogP contribution in [0.5, 0.6) is 11.5 Å². The van der Waals surface area contributed by atoms with Crippen LogP contribution in [0.2, 0.25) is 0 Å². The molecular weight excluding hydrogens is 501 g/mol. The van der Waals surface area contributed by atoms with Crippen LogP contribution in [0.4, 0.5) is 10.1 Å². The van der Waals surface area contributed by atoms with Crippen LogP contribution in [0.15, 0.2) is 41.3 Å². The van der Waals surface area contributed by atoms with Crippen LogP contribution >= 0.6 is 0 Å². The Balaban J connectivity index is 1.32. The molecule has 3 aliphatic rings. The molecule has 2 saturated heterocycles. The quantitative estimate of drug-likeness (QED) is 0.358. The van der Waals surface area contributed by atoms with Crippen LogP contribution in [0.1, 0.15) is 29.6 Å². The molecule has 206 valence electrons. The van der Waals surface area contributed by atoms with Crippen molar-refractivity contribution in [1.29, 1.82) is 0 Å². The van der Waals surface area contributed by atoms with Crippen LogP contribution in [0, 0.1) is 5.82 Å². The number of halogens is 1. The number of ether oxygens (including phenoxy) is 2. The van der Waals surface area contributed by atoms with E-state index in [4.69, 9.17) is 9.47 Å². The fourth-order valence-corrected chi connectivity index (χ4v) is 5.66. The highest BCUT2D eigenvalue weighted by molar-refractivity contribution is 6.01. The normalized spacial score (nSPS) is 17.5. The lowest BCUT2D eigenvalue weighted by molar-refractivity contribution is 0.0398. The zero-order valence-corrected chi connectivity index (χ0v) is 22.0. The summed E-state index contributed by atoms with van der Waals surface area (Å²) in [6.07, 6.45) is 5.14. The number of morpholine rings is 1. The van der Waals surface area contributed by atoms with E-state index in [2.05, 4.69) is 20.4 Å². The summed E-state index contributed by atoms with van der Waals surface area (Å²) in [5.74, 6) is -0.278. The molecule has 4 heterocycles. The topological polar surface area (TPSA) is 88.1 Å². The summed E-state index contributed by atoms with van der Waals surface area (Å²) in [7, 11) is 0. The minimum Gasteiger partial charge on any atom is -0.451 e. The van der Waals surface area contributed by atoms with Gasteiger partial charge in [0, 0.05) is 45.5 Å². The molecule has 1 aromatic heterocycles. The molecule has 3 aliphatic heterocycles. The van der Waals surface area contributed by atoms with Gasteiger partial charge in [-0.3, -0.25) is 14.5 Å². The number of aromatic nitrogens is 1. The lowest BCUT2D eigenvalue weighted by Gasteiger charge is -2.28. The molecule has 6 rings (SSSR count). The number of rotatable bonds is 8. The standard InChI is InChI=1S/C29H34FN5O4/c30-22-18-20-26-28(25(22)31-8-12-34-14-16-38-17-15-34)39-24-7-3-2-6-23(24)35(26)19-21(27(20)36)29(37)32-9-13-33-10-4-1-5-11-33/h2-3,6-7,18-19,31H,1,4-5,8-17H2,(H,32,37). The van der Waals surface area contributed by atoms with Crippen molar-refractivity contribution in [3.05, 3.63) is 58.1 Å². The van der Waals surface area contributed by atoms with E-state index in [1.807, 2.05) is 18.2 Å². The summed E-state index contributed by atoms with van der Waals surface area (Å²) in [5, 5.41) is 6.21. The monoisotopic (exact) mass is 535 g/mol. The van der Waals surface area contributed by atoms with Crippen molar-refractivity contribution >= 4 is 22.5 Å². The molecular formula is C29H34FN5O4. The molecule has 2 aromatic carbocycles. The second-order valence-electron chi connectivity index (χ2n) is 10.3. The van der Waals surface area contributed by atoms with Gasteiger partial charge in [-0.2, -0.15) is 0 Å². The van der Waals surface area contributed by atoms with E-state index in [9.17, 15) is 9.59 Å². The molecule has 0 aliphatic carbocycles. The number of pyridine rings is 1. The molecule has 0 radical (unpaired) electrons. The first-order chi connectivity index (χ1) is 19.1.